The first kappa shape index (κ1) is 13.9. The van der Waals surface area contributed by atoms with E-state index < -0.39 is 0 Å². The van der Waals surface area contributed by atoms with Crippen molar-refractivity contribution < 1.29 is 4.74 Å². The van der Waals surface area contributed by atoms with Gasteiger partial charge in [0.2, 0.25) is 0 Å². The molecule has 0 heterocycles. The number of methoxy groups -OCH3 is 1. The maximum Gasteiger partial charge on any atom is 0.137 e. The topological polar surface area (TPSA) is 21.3 Å². The molecule has 3 heteroatoms. The fraction of sp³-hybridized carbons (Fsp3) is 0.250. The molecule has 0 bridgehead atoms. The average molecular weight is 276 g/mol. The zero-order valence-corrected chi connectivity index (χ0v) is 11.9. The van der Waals surface area contributed by atoms with Crippen LogP contribution in [-0.4, -0.2) is 14.2 Å². The van der Waals surface area contributed by atoms with Crippen LogP contribution >= 0.6 is 11.6 Å². The summed E-state index contributed by atoms with van der Waals surface area (Å²) in [4.78, 5) is 0. The van der Waals surface area contributed by atoms with Crippen LogP contribution in [0, 0.1) is 0 Å². The smallest absolute Gasteiger partial charge is 0.137 e. The van der Waals surface area contributed by atoms with Crippen LogP contribution < -0.4 is 10.1 Å². The molecule has 1 N–H and O–H groups in total. The Kier molecular flexibility index (Phi) is 4.83. The minimum atomic E-state index is 0.244. The third-order valence-corrected chi connectivity index (χ3v) is 3.52. The summed E-state index contributed by atoms with van der Waals surface area (Å²) in [6.45, 7) is 0. The molecule has 0 aromatic heterocycles. The Morgan fingerprint density at radius 1 is 1.16 bits per heavy atom. The molecule has 0 spiro atoms. The number of hydrogen-bond donors (Lipinski definition) is 1. The van der Waals surface area contributed by atoms with Gasteiger partial charge in [-0.2, -0.15) is 0 Å². The van der Waals surface area contributed by atoms with Gasteiger partial charge >= 0.3 is 0 Å². The van der Waals surface area contributed by atoms with Crippen molar-refractivity contribution in [2.24, 2.45) is 0 Å². The van der Waals surface area contributed by atoms with Gasteiger partial charge < -0.3 is 10.1 Å². The van der Waals surface area contributed by atoms with Crippen molar-refractivity contribution in [3.63, 3.8) is 0 Å². The van der Waals surface area contributed by atoms with Gasteiger partial charge in [-0.25, -0.2) is 0 Å². The second-order valence-corrected chi connectivity index (χ2v) is 4.83. The minimum Gasteiger partial charge on any atom is -0.495 e. The number of nitrogens with one attached hydrogen (secondary N) is 1. The van der Waals surface area contributed by atoms with E-state index in [9.17, 15) is 0 Å². The highest BCUT2D eigenvalue weighted by atomic mass is 35.5. The van der Waals surface area contributed by atoms with Gasteiger partial charge in [-0.05, 0) is 36.7 Å². The van der Waals surface area contributed by atoms with E-state index in [0.717, 1.165) is 6.42 Å². The highest BCUT2D eigenvalue weighted by Gasteiger charge is 2.12. The maximum absolute atomic E-state index is 6.06. The lowest BCUT2D eigenvalue weighted by atomic mass is 9.99. The molecular weight excluding hydrogens is 258 g/mol. The Morgan fingerprint density at radius 3 is 2.53 bits per heavy atom. The van der Waals surface area contributed by atoms with E-state index >= 15 is 0 Å². The number of halogens is 1. The molecular formula is C16H18ClNO. The van der Waals surface area contributed by atoms with E-state index in [1.165, 1.54) is 11.1 Å². The summed E-state index contributed by atoms with van der Waals surface area (Å²) in [6.07, 6.45) is 0.933. The van der Waals surface area contributed by atoms with Gasteiger partial charge in [0.15, 0.2) is 0 Å². The van der Waals surface area contributed by atoms with Crippen LogP contribution in [0.15, 0.2) is 48.5 Å². The van der Waals surface area contributed by atoms with E-state index in [1.54, 1.807) is 7.11 Å². The first-order valence-electron chi connectivity index (χ1n) is 6.29. The molecule has 0 amide bonds. The molecule has 2 rings (SSSR count). The normalized spacial score (nSPS) is 12.2. The van der Waals surface area contributed by atoms with Crippen LogP contribution in [0.1, 0.15) is 17.2 Å². The molecule has 1 atom stereocenters. The van der Waals surface area contributed by atoms with E-state index in [2.05, 4.69) is 29.6 Å². The third-order valence-electron chi connectivity index (χ3n) is 3.21. The summed E-state index contributed by atoms with van der Waals surface area (Å²) in [6, 6.07) is 16.6. The average Bonchev–Trinajstić information content (AvgIpc) is 2.46. The molecule has 0 aliphatic carbocycles. The molecule has 0 radical (unpaired) electrons. The Bertz CT molecular complexity index is 528. The fourth-order valence-electron chi connectivity index (χ4n) is 2.13. The number of rotatable bonds is 5. The van der Waals surface area contributed by atoms with Gasteiger partial charge in [0.05, 0.1) is 12.1 Å². The molecule has 0 saturated heterocycles. The van der Waals surface area contributed by atoms with E-state index in [4.69, 9.17) is 16.3 Å². The SMILES string of the molecule is CNC(Cc1ccccc1)c1ccc(Cl)c(OC)c1. The lowest BCUT2D eigenvalue weighted by Gasteiger charge is -2.18. The van der Waals surface area contributed by atoms with Crippen molar-refractivity contribution in [3.05, 3.63) is 64.7 Å². The van der Waals surface area contributed by atoms with E-state index in [0.29, 0.717) is 10.8 Å². The Morgan fingerprint density at radius 2 is 1.89 bits per heavy atom. The largest absolute Gasteiger partial charge is 0.495 e. The molecule has 0 saturated carbocycles. The van der Waals surface area contributed by atoms with E-state index in [1.807, 2.05) is 31.3 Å². The lowest BCUT2D eigenvalue weighted by molar-refractivity contribution is 0.413. The van der Waals surface area contributed by atoms with Crippen LogP contribution in [0.25, 0.3) is 0 Å². The molecule has 19 heavy (non-hydrogen) atoms. The Labute approximate surface area is 119 Å². The summed E-state index contributed by atoms with van der Waals surface area (Å²) in [5, 5.41) is 3.98. The molecule has 2 aromatic carbocycles. The highest BCUT2D eigenvalue weighted by Crippen LogP contribution is 2.28. The number of ether oxygens (including phenoxy) is 1. The molecule has 0 aliphatic heterocycles. The van der Waals surface area contributed by atoms with Gasteiger partial charge in [-0.15, -0.1) is 0 Å². The number of benzene rings is 2. The van der Waals surface area contributed by atoms with E-state index in [-0.39, 0.29) is 6.04 Å². The van der Waals surface area contributed by atoms with Crippen molar-refractivity contribution in [2.75, 3.05) is 14.2 Å². The van der Waals surface area contributed by atoms with Crippen LogP contribution in [0.3, 0.4) is 0 Å². The summed E-state index contributed by atoms with van der Waals surface area (Å²) < 4.78 is 5.27. The van der Waals surface area contributed by atoms with Crippen molar-refractivity contribution in [1.82, 2.24) is 5.32 Å². The Hall–Kier alpha value is -1.51. The van der Waals surface area contributed by atoms with Crippen LogP contribution in [0.5, 0.6) is 5.75 Å². The number of hydrogen-bond acceptors (Lipinski definition) is 2. The van der Waals surface area contributed by atoms with Gasteiger partial charge in [0, 0.05) is 6.04 Å². The van der Waals surface area contributed by atoms with Crippen molar-refractivity contribution in [3.8, 4) is 5.75 Å². The summed E-state index contributed by atoms with van der Waals surface area (Å²) in [5.41, 5.74) is 2.48. The molecule has 0 aliphatic rings. The highest BCUT2D eigenvalue weighted by molar-refractivity contribution is 6.32. The molecule has 2 nitrogen and oxygen atoms in total. The predicted molar refractivity (Wildman–Crippen MR) is 80.0 cm³/mol. The molecule has 0 fully saturated rings. The zero-order valence-electron chi connectivity index (χ0n) is 11.2. The van der Waals surface area contributed by atoms with Crippen molar-refractivity contribution in [1.29, 1.82) is 0 Å². The molecule has 1 unspecified atom stereocenters. The predicted octanol–water partition coefficient (Wildman–Crippen LogP) is 3.85. The fourth-order valence-corrected chi connectivity index (χ4v) is 2.32. The number of likely N-dealkylation sites (N-methyl/N-ethyl adjacent to an activating group) is 1. The van der Waals surface area contributed by atoms with Crippen molar-refractivity contribution in [2.45, 2.75) is 12.5 Å². The van der Waals surface area contributed by atoms with Crippen LogP contribution in [0.2, 0.25) is 5.02 Å². The zero-order chi connectivity index (χ0) is 13.7. The van der Waals surface area contributed by atoms with Gasteiger partial charge in [0.25, 0.3) is 0 Å². The third kappa shape index (κ3) is 3.49. The summed E-state index contributed by atoms with van der Waals surface area (Å²) in [5.74, 6) is 0.715. The standard InChI is InChI=1S/C16H18ClNO/c1-18-15(10-12-6-4-3-5-7-12)13-8-9-14(17)16(11-13)19-2/h3-9,11,15,18H,10H2,1-2H3. The van der Waals surface area contributed by atoms with Crippen LogP contribution in [0.4, 0.5) is 0 Å². The first-order chi connectivity index (χ1) is 9.24. The monoisotopic (exact) mass is 275 g/mol. The first-order valence-corrected chi connectivity index (χ1v) is 6.67. The van der Waals surface area contributed by atoms with Crippen LogP contribution in [-0.2, 0) is 6.42 Å². The lowest BCUT2D eigenvalue weighted by Crippen LogP contribution is -2.18. The van der Waals surface area contributed by atoms with Gasteiger partial charge in [0.1, 0.15) is 5.75 Å². The summed E-state index contributed by atoms with van der Waals surface area (Å²) in [7, 11) is 3.60. The maximum atomic E-state index is 6.06. The van der Waals surface area contributed by atoms with Gasteiger partial charge in [-0.1, -0.05) is 48.0 Å². The Balaban J connectivity index is 2.22. The molecule has 2 aromatic rings. The summed E-state index contributed by atoms with van der Waals surface area (Å²) >= 11 is 6.06. The van der Waals surface area contributed by atoms with Gasteiger partial charge in [-0.3, -0.25) is 0 Å². The second kappa shape index (κ2) is 6.60. The second-order valence-electron chi connectivity index (χ2n) is 4.42. The minimum absolute atomic E-state index is 0.244. The molecule has 100 valence electrons. The quantitative estimate of drug-likeness (QED) is 0.895. The van der Waals surface area contributed by atoms with Crippen molar-refractivity contribution >= 4 is 11.6 Å².